The number of ether oxygens (including phenoxy) is 2. The van der Waals surface area contributed by atoms with Gasteiger partial charge in [-0.05, 0) is 17.7 Å². The van der Waals surface area contributed by atoms with E-state index in [-0.39, 0.29) is 6.04 Å². The molecule has 1 aromatic carbocycles. The predicted molar refractivity (Wildman–Crippen MR) is 78.3 cm³/mol. The van der Waals surface area contributed by atoms with E-state index in [9.17, 15) is 0 Å². The van der Waals surface area contributed by atoms with Crippen LogP contribution in [0.4, 0.5) is 0 Å². The Balaban J connectivity index is 1.84. The molecule has 2 bridgehead atoms. The largest absolute Gasteiger partial charge is 0.497 e. The summed E-state index contributed by atoms with van der Waals surface area (Å²) in [7, 11) is 3.34. The zero-order valence-electron chi connectivity index (χ0n) is 12.2. The molecule has 3 saturated heterocycles. The molecule has 0 radical (unpaired) electrons. The van der Waals surface area contributed by atoms with E-state index in [2.05, 4.69) is 9.80 Å². The van der Waals surface area contributed by atoms with Crippen LogP contribution in [0.15, 0.2) is 18.2 Å². The maximum absolute atomic E-state index is 6.52. The van der Waals surface area contributed by atoms with Crippen LogP contribution in [0, 0.1) is 0 Å². The summed E-state index contributed by atoms with van der Waals surface area (Å²) in [4.78, 5) is 5.01. The van der Waals surface area contributed by atoms with Crippen LogP contribution in [0.2, 0.25) is 0 Å². The fourth-order valence-electron chi connectivity index (χ4n) is 3.24. The summed E-state index contributed by atoms with van der Waals surface area (Å²) in [6.07, 6.45) is 0. The number of benzene rings is 1. The maximum Gasteiger partial charge on any atom is 0.122 e. The van der Waals surface area contributed by atoms with E-state index in [4.69, 9.17) is 15.2 Å². The molecule has 3 fully saturated rings. The predicted octanol–water partition coefficient (Wildman–Crippen LogP) is 0.703. The van der Waals surface area contributed by atoms with Crippen molar-refractivity contribution in [3.63, 3.8) is 0 Å². The molecule has 0 spiro atoms. The highest BCUT2D eigenvalue weighted by atomic mass is 16.5. The first-order chi connectivity index (χ1) is 9.71. The number of nitrogens with zero attached hydrogens (tertiary/aromatic N) is 2. The lowest BCUT2D eigenvalue weighted by molar-refractivity contribution is 0.00210. The molecule has 0 amide bonds. The van der Waals surface area contributed by atoms with Gasteiger partial charge in [-0.15, -0.1) is 0 Å². The molecule has 2 unspecified atom stereocenters. The van der Waals surface area contributed by atoms with Crippen molar-refractivity contribution in [1.29, 1.82) is 0 Å². The van der Waals surface area contributed by atoms with Crippen molar-refractivity contribution < 1.29 is 9.47 Å². The molecular weight excluding hydrogens is 254 g/mol. The number of nitrogens with two attached hydrogens (primary N) is 1. The Bertz CT molecular complexity index is 450. The zero-order valence-corrected chi connectivity index (χ0v) is 12.2. The summed E-state index contributed by atoms with van der Waals surface area (Å²) >= 11 is 0. The third kappa shape index (κ3) is 2.49. The Labute approximate surface area is 120 Å². The van der Waals surface area contributed by atoms with Crippen LogP contribution in [0.1, 0.15) is 11.6 Å². The van der Waals surface area contributed by atoms with Gasteiger partial charge in [0.15, 0.2) is 0 Å². The highest BCUT2D eigenvalue weighted by Crippen LogP contribution is 2.30. The Kier molecular flexibility index (Phi) is 3.83. The molecule has 5 heteroatoms. The molecule has 0 saturated carbocycles. The Morgan fingerprint density at radius 2 is 1.65 bits per heavy atom. The molecule has 2 atom stereocenters. The molecule has 1 aromatic rings. The van der Waals surface area contributed by atoms with Crippen LogP contribution < -0.4 is 15.2 Å². The molecule has 4 rings (SSSR count). The van der Waals surface area contributed by atoms with Crippen LogP contribution >= 0.6 is 0 Å². The fourth-order valence-corrected chi connectivity index (χ4v) is 3.24. The minimum absolute atomic E-state index is 0.0119. The second kappa shape index (κ2) is 5.60. The van der Waals surface area contributed by atoms with Crippen molar-refractivity contribution in [3.8, 4) is 11.5 Å². The summed E-state index contributed by atoms with van der Waals surface area (Å²) < 4.78 is 10.7. The van der Waals surface area contributed by atoms with E-state index in [0.29, 0.717) is 6.04 Å². The maximum atomic E-state index is 6.52. The van der Waals surface area contributed by atoms with Crippen molar-refractivity contribution in [2.75, 3.05) is 46.9 Å². The summed E-state index contributed by atoms with van der Waals surface area (Å²) in [5, 5.41) is 0. The van der Waals surface area contributed by atoms with Gasteiger partial charge < -0.3 is 15.2 Å². The Morgan fingerprint density at radius 3 is 2.10 bits per heavy atom. The zero-order chi connectivity index (χ0) is 14.1. The second-order valence-corrected chi connectivity index (χ2v) is 5.58. The molecule has 3 aliphatic heterocycles. The Hall–Kier alpha value is -1.30. The molecule has 0 aromatic heterocycles. The van der Waals surface area contributed by atoms with Crippen molar-refractivity contribution in [2.45, 2.75) is 12.1 Å². The lowest BCUT2D eigenvalue weighted by Gasteiger charge is -2.49. The molecule has 3 heterocycles. The number of rotatable bonds is 4. The highest BCUT2D eigenvalue weighted by molar-refractivity contribution is 5.40. The topological polar surface area (TPSA) is 51.0 Å². The average molecular weight is 277 g/mol. The van der Waals surface area contributed by atoms with Gasteiger partial charge in [-0.2, -0.15) is 0 Å². The third-order valence-corrected chi connectivity index (χ3v) is 4.49. The van der Waals surface area contributed by atoms with Crippen LogP contribution in [0.25, 0.3) is 0 Å². The minimum atomic E-state index is -0.0119. The van der Waals surface area contributed by atoms with Gasteiger partial charge in [0.05, 0.1) is 14.2 Å². The first-order valence-electron chi connectivity index (χ1n) is 7.16. The monoisotopic (exact) mass is 277 g/mol. The first kappa shape index (κ1) is 13.7. The smallest absolute Gasteiger partial charge is 0.122 e. The third-order valence-electron chi connectivity index (χ3n) is 4.49. The fraction of sp³-hybridized carbons (Fsp3) is 0.600. The molecule has 110 valence electrons. The summed E-state index contributed by atoms with van der Waals surface area (Å²) in [6, 6.07) is 6.29. The molecule has 2 N–H and O–H groups in total. The normalized spacial score (nSPS) is 30.1. The van der Waals surface area contributed by atoms with Gasteiger partial charge in [0.25, 0.3) is 0 Å². The molecule has 5 nitrogen and oxygen atoms in total. The van der Waals surface area contributed by atoms with Crippen molar-refractivity contribution in [1.82, 2.24) is 9.80 Å². The summed E-state index contributed by atoms with van der Waals surface area (Å²) in [5.74, 6) is 1.59. The Morgan fingerprint density at radius 1 is 1.05 bits per heavy atom. The van der Waals surface area contributed by atoms with Gasteiger partial charge in [-0.1, -0.05) is 0 Å². The number of piperazine rings is 3. The van der Waals surface area contributed by atoms with E-state index < -0.39 is 0 Å². The van der Waals surface area contributed by atoms with Crippen molar-refractivity contribution in [2.24, 2.45) is 5.73 Å². The summed E-state index contributed by atoms with van der Waals surface area (Å²) in [6.45, 7) is 5.65. The quantitative estimate of drug-likeness (QED) is 0.878. The number of methoxy groups -OCH3 is 2. The first-order valence-corrected chi connectivity index (χ1v) is 7.16. The van der Waals surface area contributed by atoms with Crippen LogP contribution in [0.5, 0.6) is 11.5 Å². The van der Waals surface area contributed by atoms with E-state index in [1.807, 2.05) is 18.2 Å². The SMILES string of the molecule is COc1cc(OC)cc(C(N)C2CN3CCN2CC3)c1. The van der Waals surface area contributed by atoms with E-state index >= 15 is 0 Å². The number of hydrogen-bond donors (Lipinski definition) is 1. The van der Waals surface area contributed by atoms with Gasteiger partial charge >= 0.3 is 0 Å². The minimum Gasteiger partial charge on any atom is -0.497 e. The van der Waals surface area contributed by atoms with Gasteiger partial charge in [-0.25, -0.2) is 0 Å². The van der Waals surface area contributed by atoms with Gasteiger partial charge in [0.2, 0.25) is 0 Å². The summed E-state index contributed by atoms with van der Waals surface area (Å²) in [5.41, 5.74) is 7.61. The van der Waals surface area contributed by atoms with E-state index in [1.165, 1.54) is 13.1 Å². The van der Waals surface area contributed by atoms with Gasteiger partial charge in [0, 0.05) is 50.9 Å². The lowest BCUT2D eigenvalue weighted by atomic mass is 9.94. The van der Waals surface area contributed by atoms with E-state index in [0.717, 1.165) is 36.7 Å². The van der Waals surface area contributed by atoms with Crippen LogP contribution in [0.3, 0.4) is 0 Å². The van der Waals surface area contributed by atoms with Crippen molar-refractivity contribution >= 4 is 0 Å². The average Bonchev–Trinajstić information content (AvgIpc) is 2.54. The van der Waals surface area contributed by atoms with Crippen LogP contribution in [-0.4, -0.2) is 62.8 Å². The van der Waals surface area contributed by atoms with Crippen LogP contribution in [-0.2, 0) is 0 Å². The van der Waals surface area contributed by atoms with Crippen molar-refractivity contribution in [3.05, 3.63) is 23.8 Å². The number of hydrogen-bond acceptors (Lipinski definition) is 5. The number of fused-ring (bicyclic) bond motifs is 3. The highest BCUT2D eigenvalue weighted by Gasteiger charge is 2.36. The lowest BCUT2D eigenvalue weighted by Crippen LogP contribution is -2.63. The van der Waals surface area contributed by atoms with E-state index in [1.54, 1.807) is 14.2 Å². The standard InChI is InChI=1S/C15H23N3O2/c1-19-12-7-11(8-13(9-12)20-2)15(16)14-10-17-3-5-18(14)6-4-17/h7-9,14-15H,3-6,10,16H2,1-2H3. The molecule has 0 aliphatic carbocycles. The molecule has 3 aliphatic rings. The second-order valence-electron chi connectivity index (χ2n) is 5.58. The van der Waals surface area contributed by atoms with Gasteiger partial charge in [-0.3, -0.25) is 9.80 Å². The molecule has 20 heavy (non-hydrogen) atoms. The molecular formula is C15H23N3O2. The van der Waals surface area contributed by atoms with Gasteiger partial charge in [0.1, 0.15) is 11.5 Å².